The lowest BCUT2D eigenvalue weighted by Crippen LogP contribution is -2.57. The number of alkyl carbamates (subject to hydrolysis) is 1. The van der Waals surface area contributed by atoms with Gasteiger partial charge in [0.1, 0.15) is 24.2 Å². The number of aryl methyl sites for hydroxylation is 1. The first-order valence-corrected chi connectivity index (χ1v) is 12.9. The van der Waals surface area contributed by atoms with E-state index in [2.05, 4.69) is 15.4 Å². The smallest absolute Gasteiger partial charge is 0.408 e. The zero-order valence-corrected chi connectivity index (χ0v) is 24.1. The van der Waals surface area contributed by atoms with Crippen LogP contribution < -0.4 is 10.6 Å². The van der Waals surface area contributed by atoms with Gasteiger partial charge in [-0.15, -0.1) is 0 Å². The van der Waals surface area contributed by atoms with Gasteiger partial charge in [-0.05, 0) is 70.6 Å². The molecule has 9 heteroatoms. The van der Waals surface area contributed by atoms with Crippen molar-refractivity contribution >= 4 is 23.9 Å². The summed E-state index contributed by atoms with van der Waals surface area (Å²) in [5.41, 5.74) is 1.74. The number of ether oxygens (including phenoxy) is 2. The predicted octanol–water partition coefficient (Wildman–Crippen LogP) is 4.20. The van der Waals surface area contributed by atoms with Gasteiger partial charge < -0.3 is 25.0 Å². The molecule has 0 saturated heterocycles. The second kappa shape index (κ2) is 14.0. The summed E-state index contributed by atoms with van der Waals surface area (Å²) in [4.78, 5) is 53.9. The first-order valence-electron chi connectivity index (χ1n) is 12.9. The molecule has 0 saturated carbocycles. The summed E-state index contributed by atoms with van der Waals surface area (Å²) in [5.74, 6) is -1.73. The van der Waals surface area contributed by atoms with Gasteiger partial charge in [0.2, 0.25) is 11.8 Å². The number of methoxy groups -OCH3 is 1. The lowest BCUT2D eigenvalue weighted by Gasteiger charge is -2.40. The molecule has 4 atom stereocenters. The van der Waals surface area contributed by atoms with E-state index in [1.807, 2.05) is 59.7 Å². The van der Waals surface area contributed by atoms with Crippen LogP contribution in [-0.4, -0.2) is 60.1 Å². The molecule has 1 rings (SSSR count). The normalized spacial score (nSPS) is 14.5. The van der Waals surface area contributed by atoms with E-state index in [-0.39, 0.29) is 18.5 Å². The molecule has 0 aliphatic heterocycles. The summed E-state index contributed by atoms with van der Waals surface area (Å²) in [6.07, 6.45) is 0.481. The standard InChI is InChI=1S/C28H45N3O6/c1-11-17(3)23(30-27(35)37-28(7,8)9)26(34)31(19(5)12-2)24(25(33)29-16-22(32)36-10)21-15-13-14-18(4)20(21)6/h13-15,17,19,23-24H,11-12,16H2,1-10H3,(H,29,33)(H,30,35). The molecule has 208 valence electrons. The molecule has 3 amide bonds. The van der Waals surface area contributed by atoms with Crippen LogP contribution in [0.4, 0.5) is 4.79 Å². The Labute approximate surface area is 221 Å². The van der Waals surface area contributed by atoms with Gasteiger partial charge in [0.15, 0.2) is 0 Å². The second-order valence-electron chi connectivity index (χ2n) is 10.5. The van der Waals surface area contributed by atoms with Crippen LogP contribution in [-0.2, 0) is 23.9 Å². The molecule has 1 aromatic rings. The van der Waals surface area contributed by atoms with Gasteiger partial charge in [0, 0.05) is 6.04 Å². The largest absolute Gasteiger partial charge is 0.468 e. The third kappa shape index (κ3) is 9.05. The lowest BCUT2D eigenvalue weighted by atomic mass is 9.91. The van der Waals surface area contributed by atoms with Gasteiger partial charge in [-0.3, -0.25) is 14.4 Å². The molecule has 0 aliphatic rings. The molecular weight excluding hydrogens is 474 g/mol. The molecule has 0 aliphatic carbocycles. The maximum atomic E-state index is 14.2. The maximum absolute atomic E-state index is 14.2. The Morgan fingerprint density at radius 3 is 2.16 bits per heavy atom. The van der Waals surface area contributed by atoms with E-state index in [1.54, 1.807) is 20.8 Å². The van der Waals surface area contributed by atoms with Crippen LogP contribution in [0.25, 0.3) is 0 Å². The molecular formula is C28H45N3O6. The van der Waals surface area contributed by atoms with E-state index >= 15 is 0 Å². The predicted molar refractivity (Wildman–Crippen MR) is 143 cm³/mol. The minimum absolute atomic E-state index is 0.232. The Morgan fingerprint density at radius 1 is 1.03 bits per heavy atom. The summed E-state index contributed by atoms with van der Waals surface area (Å²) >= 11 is 0. The first-order chi connectivity index (χ1) is 17.2. The van der Waals surface area contributed by atoms with E-state index < -0.39 is 41.6 Å². The SMILES string of the molecule is CCC(C)C(NC(=O)OC(C)(C)C)C(=O)N(C(C)CC)C(C(=O)NCC(=O)OC)c1cccc(C)c1C. The van der Waals surface area contributed by atoms with Crippen molar-refractivity contribution in [3.05, 3.63) is 34.9 Å². The van der Waals surface area contributed by atoms with Crippen molar-refractivity contribution in [3.63, 3.8) is 0 Å². The average molecular weight is 520 g/mol. The highest BCUT2D eigenvalue weighted by Gasteiger charge is 2.40. The Kier molecular flexibility index (Phi) is 12.1. The van der Waals surface area contributed by atoms with Crippen molar-refractivity contribution in [1.29, 1.82) is 0 Å². The fourth-order valence-corrected chi connectivity index (χ4v) is 3.89. The van der Waals surface area contributed by atoms with E-state index in [0.29, 0.717) is 18.4 Å². The summed E-state index contributed by atoms with van der Waals surface area (Å²) in [6.45, 7) is 16.4. The van der Waals surface area contributed by atoms with E-state index in [4.69, 9.17) is 4.74 Å². The minimum Gasteiger partial charge on any atom is -0.468 e. The van der Waals surface area contributed by atoms with Gasteiger partial charge in [-0.25, -0.2) is 4.79 Å². The number of esters is 1. The van der Waals surface area contributed by atoms with Crippen LogP contribution >= 0.6 is 0 Å². The Bertz CT molecular complexity index is 956. The molecule has 9 nitrogen and oxygen atoms in total. The van der Waals surface area contributed by atoms with Crippen LogP contribution in [0.15, 0.2) is 18.2 Å². The monoisotopic (exact) mass is 519 g/mol. The van der Waals surface area contributed by atoms with Crippen molar-refractivity contribution in [2.75, 3.05) is 13.7 Å². The molecule has 0 bridgehead atoms. The Balaban J connectivity index is 3.64. The lowest BCUT2D eigenvalue weighted by molar-refractivity contribution is -0.147. The van der Waals surface area contributed by atoms with Crippen LogP contribution in [0.3, 0.4) is 0 Å². The molecule has 0 fully saturated rings. The highest BCUT2D eigenvalue weighted by Crippen LogP contribution is 2.30. The van der Waals surface area contributed by atoms with Crippen LogP contribution in [0, 0.1) is 19.8 Å². The fourth-order valence-electron chi connectivity index (χ4n) is 3.89. The number of rotatable bonds is 11. The van der Waals surface area contributed by atoms with Gasteiger partial charge >= 0.3 is 12.1 Å². The molecule has 37 heavy (non-hydrogen) atoms. The molecule has 1 aromatic carbocycles. The zero-order chi connectivity index (χ0) is 28.5. The number of benzene rings is 1. The van der Waals surface area contributed by atoms with Crippen LogP contribution in [0.1, 0.15) is 84.0 Å². The quantitative estimate of drug-likeness (QED) is 0.424. The molecule has 2 N–H and O–H groups in total. The fraction of sp³-hybridized carbons (Fsp3) is 0.643. The number of carbonyl (C=O) groups is 4. The molecule has 4 unspecified atom stereocenters. The Hall–Kier alpha value is -3.10. The van der Waals surface area contributed by atoms with E-state index in [1.165, 1.54) is 12.0 Å². The van der Waals surface area contributed by atoms with Gasteiger partial charge in [-0.2, -0.15) is 0 Å². The first kappa shape index (κ1) is 31.9. The van der Waals surface area contributed by atoms with Crippen molar-refractivity contribution < 1.29 is 28.7 Å². The molecule has 0 heterocycles. The average Bonchev–Trinajstić information content (AvgIpc) is 2.83. The van der Waals surface area contributed by atoms with Gasteiger partial charge in [-0.1, -0.05) is 45.4 Å². The number of nitrogens with zero attached hydrogens (tertiary/aromatic N) is 1. The van der Waals surface area contributed by atoms with Crippen molar-refractivity contribution in [3.8, 4) is 0 Å². The van der Waals surface area contributed by atoms with Crippen molar-refractivity contribution in [2.45, 2.75) is 98.9 Å². The summed E-state index contributed by atoms with van der Waals surface area (Å²) in [5, 5.41) is 5.38. The van der Waals surface area contributed by atoms with Crippen molar-refractivity contribution in [1.82, 2.24) is 15.5 Å². The number of hydrogen-bond acceptors (Lipinski definition) is 6. The van der Waals surface area contributed by atoms with E-state index in [0.717, 1.165) is 11.1 Å². The van der Waals surface area contributed by atoms with Gasteiger partial charge in [0.05, 0.1) is 7.11 Å². The number of amides is 3. The molecule has 0 spiro atoms. The summed E-state index contributed by atoms with van der Waals surface area (Å²) < 4.78 is 10.1. The maximum Gasteiger partial charge on any atom is 0.408 e. The van der Waals surface area contributed by atoms with Crippen molar-refractivity contribution in [2.24, 2.45) is 5.92 Å². The van der Waals surface area contributed by atoms with Gasteiger partial charge in [0.25, 0.3) is 0 Å². The topological polar surface area (TPSA) is 114 Å². The molecule has 0 aromatic heterocycles. The molecule has 0 radical (unpaired) electrons. The zero-order valence-electron chi connectivity index (χ0n) is 24.1. The Morgan fingerprint density at radius 2 is 1.65 bits per heavy atom. The van der Waals surface area contributed by atoms with E-state index in [9.17, 15) is 19.2 Å². The summed E-state index contributed by atoms with van der Waals surface area (Å²) in [6, 6.07) is 3.28. The van der Waals surface area contributed by atoms with Crippen LogP contribution in [0.5, 0.6) is 0 Å². The second-order valence-corrected chi connectivity index (χ2v) is 10.5. The minimum atomic E-state index is -1.03. The third-order valence-corrected chi connectivity index (χ3v) is 6.57. The highest BCUT2D eigenvalue weighted by atomic mass is 16.6. The highest BCUT2D eigenvalue weighted by molar-refractivity contribution is 5.93. The number of nitrogens with one attached hydrogen (secondary N) is 2. The third-order valence-electron chi connectivity index (χ3n) is 6.57. The summed E-state index contributed by atoms with van der Waals surface area (Å²) in [7, 11) is 1.24. The number of carbonyl (C=O) groups excluding carboxylic acids is 4. The number of hydrogen-bond donors (Lipinski definition) is 2. The van der Waals surface area contributed by atoms with Crippen LogP contribution in [0.2, 0.25) is 0 Å².